The lowest BCUT2D eigenvalue weighted by atomic mass is 10.2. The monoisotopic (exact) mass is 452 g/mol. The molecule has 0 aliphatic carbocycles. The Morgan fingerprint density at radius 1 is 0.912 bits per heavy atom. The summed E-state index contributed by atoms with van der Waals surface area (Å²) in [6.45, 7) is 6.75. The van der Waals surface area contributed by atoms with Crippen LogP contribution in [0, 0.1) is 13.8 Å². The van der Waals surface area contributed by atoms with E-state index >= 15 is 0 Å². The number of benzene rings is 2. The summed E-state index contributed by atoms with van der Waals surface area (Å²) in [5.41, 5.74) is 5.08. The van der Waals surface area contributed by atoms with Gasteiger partial charge in [0.2, 0.25) is 0 Å². The molecule has 7 nitrogen and oxygen atoms in total. The van der Waals surface area contributed by atoms with Gasteiger partial charge >= 0.3 is 0 Å². The first-order valence-electron chi connectivity index (χ1n) is 11.9. The second kappa shape index (κ2) is 9.17. The Hall–Kier alpha value is -3.87. The lowest BCUT2D eigenvalue weighted by molar-refractivity contribution is 0.556. The first-order chi connectivity index (χ1) is 16.6. The Kier molecular flexibility index (Phi) is 5.92. The van der Waals surface area contributed by atoms with Crippen molar-refractivity contribution in [3.05, 3.63) is 75.8 Å². The van der Waals surface area contributed by atoms with Gasteiger partial charge in [0.05, 0.1) is 17.2 Å². The van der Waals surface area contributed by atoms with Crippen molar-refractivity contribution in [2.45, 2.75) is 53.0 Å². The average Bonchev–Trinajstić information content (AvgIpc) is 3.12. The molecule has 0 aliphatic rings. The van der Waals surface area contributed by atoms with Gasteiger partial charge < -0.3 is 0 Å². The van der Waals surface area contributed by atoms with Gasteiger partial charge in [0.15, 0.2) is 11.3 Å². The molecule has 0 amide bonds. The molecule has 0 bridgehead atoms. The smallest absolute Gasteiger partial charge is 0.265 e. The van der Waals surface area contributed by atoms with Gasteiger partial charge in [-0.05, 0) is 38.0 Å². The third kappa shape index (κ3) is 3.98. The van der Waals surface area contributed by atoms with E-state index in [1.165, 1.54) is 0 Å². The van der Waals surface area contributed by atoms with E-state index in [4.69, 9.17) is 20.1 Å². The molecule has 34 heavy (non-hydrogen) atoms. The highest BCUT2D eigenvalue weighted by Gasteiger charge is 2.21. The molecule has 5 aromatic rings. The van der Waals surface area contributed by atoms with E-state index in [1.807, 2.05) is 56.3 Å². The zero-order valence-corrected chi connectivity index (χ0v) is 19.8. The number of nitrogens with zero attached hydrogens (tertiary/aromatic N) is 6. The Morgan fingerprint density at radius 2 is 1.71 bits per heavy atom. The van der Waals surface area contributed by atoms with Gasteiger partial charge in [-0.3, -0.25) is 9.36 Å². The van der Waals surface area contributed by atoms with Crippen LogP contribution in [0.4, 0.5) is 0 Å². The topological polar surface area (TPSA) is 78.0 Å². The third-order valence-electron chi connectivity index (χ3n) is 6.13. The molecule has 0 spiro atoms. The van der Waals surface area contributed by atoms with Crippen LogP contribution < -0.4 is 5.56 Å². The minimum atomic E-state index is -0.0851. The fourth-order valence-electron chi connectivity index (χ4n) is 4.36. The van der Waals surface area contributed by atoms with Crippen molar-refractivity contribution in [1.29, 1.82) is 0 Å². The number of hydrogen-bond acceptors (Lipinski definition) is 5. The maximum Gasteiger partial charge on any atom is 0.265 e. The van der Waals surface area contributed by atoms with Gasteiger partial charge in [-0.15, -0.1) is 0 Å². The number of para-hydroxylation sites is 2. The standard InChI is InChI=1S/C27H28N6O/c1-4-5-6-9-15-32-19(3)29-25-23(27(32)34)24-26(31-22-14-8-7-13-21(22)30-24)33(25)28-17-20-12-10-11-18(2)16-20/h7-8,10-14,16-17H,4-6,9,15H2,1-3H3/b28-17-. The van der Waals surface area contributed by atoms with E-state index in [9.17, 15) is 4.79 Å². The van der Waals surface area contributed by atoms with Crippen molar-refractivity contribution < 1.29 is 0 Å². The number of unbranched alkanes of at least 4 members (excludes halogenated alkanes) is 3. The average molecular weight is 453 g/mol. The second-order valence-corrected chi connectivity index (χ2v) is 8.73. The van der Waals surface area contributed by atoms with Gasteiger partial charge in [0.25, 0.3) is 5.56 Å². The molecule has 2 aromatic carbocycles. The number of aromatic nitrogens is 5. The molecule has 0 saturated carbocycles. The van der Waals surface area contributed by atoms with E-state index in [2.05, 4.69) is 13.0 Å². The summed E-state index contributed by atoms with van der Waals surface area (Å²) in [4.78, 5) is 28.2. The van der Waals surface area contributed by atoms with E-state index < -0.39 is 0 Å². The molecule has 172 valence electrons. The van der Waals surface area contributed by atoms with Gasteiger partial charge in [0.1, 0.15) is 16.7 Å². The predicted molar refractivity (Wildman–Crippen MR) is 138 cm³/mol. The molecule has 0 N–H and O–H groups in total. The molecule has 3 heterocycles. The molecule has 0 saturated heterocycles. The Bertz CT molecular complexity index is 1590. The molecule has 0 unspecified atom stereocenters. The molecular formula is C27H28N6O. The number of fused-ring (bicyclic) bond motifs is 4. The second-order valence-electron chi connectivity index (χ2n) is 8.73. The van der Waals surface area contributed by atoms with Crippen LogP contribution in [0.5, 0.6) is 0 Å². The quantitative estimate of drug-likeness (QED) is 0.246. The maximum atomic E-state index is 13.7. The summed E-state index contributed by atoms with van der Waals surface area (Å²) in [5.74, 6) is 0.674. The first kappa shape index (κ1) is 21.9. The highest BCUT2D eigenvalue weighted by molar-refractivity contribution is 6.05. The Morgan fingerprint density at radius 3 is 2.47 bits per heavy atom. The summed E-state index contributed by atoms with van der Waals surface area (Å²) in [6, 6.07) is 15.8. The highest BCUT2D eigenvalue weighted by atomic mass is 16.1. The van der Waals surface area contributed by atoms with E-state index in [1.54, 1.807) is 15.5 Å². The van der Waals surface area contributed by atoms with Crippen LogP contribution in [-0.4, -0.2) is 30.4 Å². The Labute approximate surface area is 197 Å². The van der Waals surface area contributed by atoms with E-state index in [0.29, 0.717) is 34.6 Å². The third-order valence-corrected chi connectivity index (χ3v) is 6.13. The Balaban J connectivity index is 1.75. The van der Waals surface area contributed by atoms with Crippen LogP contribution in [0.25, 0.3) is 33.2 Å². The summed E-state index contributed by atoms with van der Waals surface area (Å²) in [6.07, 6.45) is 6.12. The minimum absolute atomic E-state index is 0.0851. The number of hydrogen-bond donors (Lipinski definition) is 0. The molecule has 3 aromatic heterocycles. The zero-order valence-electron chi connectivity index (χ0n) is 19.8. The van der Waals surface area contributed by atoms with E-state index in [0.717, 1.165) is 47.8 Å². The summed E-state index contributed by atoms with van der Waals surface area (Å²) >= 11 is 0. The van der Waals surface area contributed by atoms with Gasteiger partial charge in [-0.25, -0.2) is 15.0 Å². The van der Waals surface area contributed by atoms with Crippen molar-refractivity contribution in [1.82, 2.24) is 24.2 Å². The largest absolute Gasteiger partial charge is 0.296 e. The summed E-state index contributed by atoms with van der Waals surface area (Å²) < 4.78 is 3.42. The van der Waals surface area contributed by atoms with Crippen LogP contribution in [0.2, 0.25) is 0 Å². The van der Waals surface area contributed by atoms with Crippen LogP contribution in [0.3, 0.4) is 0 Å². The lowest BCUT2D eigenvalue weighted by Gasteiger charge is -2.09. The van der Waals surface area contributed by atoms with Crippen molar-refractivity contribution in [2.75, 3.05) is 0 Å². The summed E-state index contributed by atoms with van der Waals surface area (Å²) in [7, 11) is 0. The predicted octanol–water partition coefficient (Wildman–Crippen LogP) is 5.37. The van der Waals surface area contributed by atoms with Crippen molar-refractivity contribution in [2.24, 2.45) is 5.10 Å². The maximum absolute atomic E-state index is 13.7. The summed E-state index contributed by atoms with van der Waals surface area (Å²) in [5, 5.41) is 5.19. The molecule has 0 fully saturated rings. The van der Waals surface area contributed by atoms with Crippen molar-refractivity contribution in [3.8, 4) is 0 Å². The number of rotatable bonds is 7. The SMILES string of the molecule is CCCCCCn1c(C)nc2c(c1=O)c1nc3ccccc3nc1n2/N=C\c1cccc(C)c1. The van der Waals surface area contributed by atoms with Crippen molar-refractivity contribution >= 4 is 39.4 Å². The zero-order chi connectivity index (χ0) is 23.7. The normalized spacial score (nSPS) is 12.0. The van der Waals surface area contributed by atoms with Crippen LogP contribution in [-0.2, 0) is 6.54 Å². The fraction of sp³-hybridized carbons (Fsp3) is 0.296. The molecule has 7 heteroatoms. The fourth-order valence-corrected chi connectivity index (χ4v) is 4.36. The lowest BCUT2D eigenvalue weighted by Crippen LogP contribution is -2.24. The molecule has 0 aliphatic heterocycles. The highest BCUT2D eigenvalue weighted by Crippen LogP contribution is 2.25. The first-order valence-corrected chi connectivity index (χ1v) is 11.9. The van der Waals surface area contributed by atoms with Crippen LogP contribution in [0.15, 0.2) is 58.4 Å². The van der Waals surface area contributed by atoms with Gasteiger partial charge in [0, 0.05) is 6.54 Å². The van der Waals surface area contributed by atoms with Crippen LogP contribution in [0.1, 0.15) is 49.6 Å². The van der Waals surface area contributed by atoms with Crippen LogP contribution >= 0.6 is 0 Å². The molecule has 5 rings (SSSR count). The number of aryl methyl sites for hydroxylation is 2. The van der Waals surface area contributed by atoms with Gasteiger partial charge in [-0.1, -0.05) is 68.1 Å². The van der Waals surface area contributed by atoms with E-state index in [-0.39, 0.29) is 5.56 Å². The molecule has 0 atom stereocenters. The van der Waals surface area contributed by atoms with Crippen molar-refractivity contribution in [3.63, 3.8) is 0 Å². The minimum Gasteiger partial charge on any atom is -0.296 e. The molecule has 0 radical (unpaired) electrons. The van der Waals surface area contributed by atoms with Gasteiger partial charge in [-0.2, -0.15) is 9.78 Å². The molecular weight excluding hydrogens is 424 g/mol.